The van der Waals surface area contributed by atoms with E-state index in [9.17, 15) is 9.59 Å². The molecule has 17 heavy (non-hydrogen) atoms. The molecule has 1 aromatic rings. The van der Waals surface area contributed by atoms with Gasteiger partial charge < -0.3 is 0 Å². The highest BCUT2D eigenvalue weighted by molar-refractivity contribution is 6.09. The molecule has 0 N–H and O–H groups in total. The minimum Gasteiger partial charge on any atom is -0.294 e. The van der Waals surface area contributed by atoms with Crippen LogP contribution in [-0.4, -0.2) is 11.6 Å². The van der Waals surface area contributed by atoms with Crippen LogP contribution in [0.3, 0.4) is 0 Å². The molecule has 0 aromatic heterocycles. The summed E-state index contributed by atoms with van der Waals surface area (Å²) in [5, 5.41) is 0. The maximum absolute atomic E-state index is 12.3. The third kappa shape index (κ3) is 3.02. The molecule has 0 aliphatic rings. The Morgan fingerprint density at radius 1 is 1.00 bits per heavy atom. The second-order valence-electron chi connectivity index (χ2n) is 4.20. The molecule has 0 unspecified atom stereocenters. The minimum atomic E-state index is 0.0285. The first kappa shape index (κ1) is 13.6. The second kappa shape index (κ2) is 6.33. The first-order chi connectivity index (χ1) is 8.15. The quantitative estimate of drug-likeness (QED) is 0.697. The van der Waals surface area contributed by atoms with Gasteiger partial charge in [-0.25, -0.2) is 0 Å². The van der Waals surface area contributed by atoms with Crippen molar-refractivity contribution in [3.05, 3.63) is 35.4 Å². The number of rotatable bonds is 6. The van der Waals surface area contributed by atoms with Gasteiger partial charge in [0.1, 0.15) is 0 Å². The Labute approximate surface area is 103 Å². The maximum Gasteiger partial charge on any atom is 0.166 e. The van der Waals surface area contributed by atoms with Gasteiger partial charge in [-0.1, -0.05) is 45.0 Å². The fourth-order valence-corrected chi connectivity index (χ4v) is 2.01. The average Bonchev–Trinajstić information content (AvgIpc) is 2.39. The lowest BCUT2D eigenvalue weighted by Gasteiger charge is -2.13. The second-order valence-corrected chi connectivity index (χ2v) is 4.20. The molecule has 0 fully saturated rings. The zero-order chi connectivity index (χ0) is 12.8. The Kier molecular flexibility index (Phi) is 5.08. The van der Waals surface area contributed by atoms with E-state index in [1.807, 2.05) is 32.9 Å². The van der Waals surface area contributed by atoms with E-state index in [0.29, 0.717) is 17.5 Å². The van der Waals surface area contributed by atoms with Gasteiger partial charge in [0.05, 0.1) is 0 Å². The van der Waals surface area contributed by atoms with Gasteiger partial charge >= 0.3 is 0 Å². The zero-order valence-electron chi connectivity index (χ0n) is 10.8. The summed E-state index contributed by atoms with van der Waals surface area (Å²) >= 11 is 0. The van der Waals surface area contributed by atoms with Crippen molar-refractivity contribution in [2.24, 2.45) is 5.92 Å². The first-order valence-corrected chi connectivity index (χ1v) is 6.32. The van der Waals surface area contributed by atoms with Gasteiger partial charge in [0, 0.05) is 23.5 Å². The summed E-state index contributed by atoms with van der Waals surface area (Å²) in [6, 6.07) is 7.15. The molecule has 2 heteroatoms. The van der Waals surface area contributed by atoms with Crippen LogP contribution in [0.5, 0.6) is 0 Å². The van der Waals surface area contributed by atoms with Gasteiger partial charge in [-0.05, 0) is 12.8 Å². The summed E-state index contributed by atoms with van der Waals surface area (Å²) in [5.41, 5.74) is 1.17. The van der Waals surface area contributed by atoms with E-state index in [2.05, 4.69) is 0 Å². The van der Waals surface area contributed by atoms with Crippen LogP contribution < -0.4 is 0 Å². The Morgan fingerprint density at radius 2 is 1.53 bits per heavy atom. The smallest absolute Gasteiger partial charge is 0.166 e. The lowest BCUT2D eigenvalue weighted by atomic mass is 9.89. The van der Waals surface area contributed by atoms with Crippen LogP contribution in [0.2, 0.25) is 0 Å². The van der Waals surface area contributed by atoms with E-state index in [1.54, 1.807) is 12.1 Å². The van der Waals surface area contributed by atoms with E-state index in [4.69, 9.17) is 0 Å². The van der Waals surface area contributed by atoms with Crippen molar-refractivity contribution in [1.29, 1.82) is 0 Å². The van der Waals surface area contributed by atoms with Gasteiger partial charge in [-0.15, -0.1) is 0 Å². The number of carbonyl (C=O) groups excluding carboxylic acids is 2. The lowest BCUT2D eigenvalue weighted by Crippen LogP contribution is -2.16. The SMILES string of the molecule is CCC(=O)c1ccccc1C(=O)C(CC)CC. The van der Waals surface area contributed by atoms with Crippen molar-refractivity contribution in [3.63, 3.8) is 0 Å². The van der Waals surface area contributed by atoms with Gasteiger partial charge in [0.2, 0.25) is 0 Å². The molecule has 0 radical (unpaired) electrons. The van der Waals surface area contributed by atoms with Crippen LogP contribution in [0.15, 0.2) is 24.3 Å². The molecule has 92 valence electrons. The monoisotopic (exact) mass is 232 g/mol. The highest BCUT2D eigenvalue weighted by Gasteiger charge is 2.20. The molecule has 0 amide bonds. The fourth-order valence-electron chi connectivity index (χ4n) is 2.01. The average molecular weight is 232 g/mol. The molecule has 2 nitrogen and oxygen atoms in total. The van der Waals surface area contributed by atoms with Crippen molar-refractivity contribution >= 4 is 11.6 Å². The summed E-state index contributed by atoms with van der Waals surface area (Å²) < 4.78 is 0. The Bertz CT molecular complexity index is 403. The maximum atomic E-state index is 12.3. The van der Waals surface area contributed by atoms with Crippen LogP contribution >= 0.6 is 0 Å². The largest absolute Gasteiger partial charge is 0.294 e. The predicted molar refractivity (Wildman–Crippen MR) is 69.5 cm³/mol. The van der Waals surface area contributed by atoms with Gasteiger partial charge in [0.25, 0.3) is 0 Å². The number of hydrogen-bond donors (Lipinski definition) is 0. The van der Waals surface area contributed by atoms with Crippen LogP contribution in [0.25, 0.3) is 0 Å². The molecule has 1 aromatic carbocycles. The first-order valence-electron chi connectivity index (χ1n) is 6.32. The van der Waals surface area contributed by atoms with Gasteiger partial charge in [0.15, 0.2) is 11.6 Å². The lowest BCUT2D eigenvalue weighted by molar-refractivity contribution is 0.0900. The third-order valence-electron chi connectivity index (χ3n) is 3.17. The van der Waals surface area contributed by atoms with Crippen molar-refractivity contribution in [2.45, 2.75) is 40.0 Å². The molecule has 0 atom stereocenters. The normalized spacial score (nSPS) is 10.6. The van der Waals surface area contributed by atoms with Crippen molar-refractivity contribution in [3.8, 4) is 0 Å². The number of benzene rings is 1. The molecule has 0 aliphatic heterocycles. The molecule has 0 spiro atoms. The summed E-state index contributed by atoms with van der Waals surface area (Å²) in [7, 11) is 0. The molecule has 1 rings (SSSR count). The Morgan fingerprint density at radius 3 is 2.00 bits per heavy atom. The summed E-state index contributed by atoms with van der Waals surface area (Å²) in [4.78, 5) is 24.1. The Balaban J connectivity index is 3.13. The fraction of sp³-hybridized carbons (Fsp3) is 0.467. The van der Waals surface area contributed by atoms with Crippen LogP contribution in [0.4, 0.5) is 0 Å². The predicted octanol–water partition coefficient (Wildman–Crippen LogP) is 3.90. The number of ketones is 2. The van der Waals surface area contributed by atoms with E-state index < -0.39 is 0 Å². The molecule has 0 aliphatic carbocycles. The van der Waals surface area contributed by atoms with Crippen molar-refractivity contribution < 1.29 is 9.59 Å². The van der Waals surface area contributed by atoms with Crippen LogP contribution in [-0.2, 0) is 0 Å². The number of hydrogen-bond acceptors (Lipinski definition) is 2. The van der Waals surface area contributed by atoms with E-state index >= 15 is 0 Å². The van der Waals surface area contributed by atoms with Crippen molar-refractivity contribution in [2.75, 3.05) is 0 Å². The number of carbonyl (C=O) groups is 2. The molecule has 0 saturated carbocycles. The molecular weight excluding hydrogens is 212 g/mol. The zero-order valence-corrected chi connectivity index (χ0v) is 10.8. The van der Waals surface area contributed by atoms with Gasteiger partial charge in [-0.3, -0.25) is 9.59 Å². The van der Waals surface area contributed by atoms with Crippen LogP contribution in [0, 0.1) is 5.92 Å². The molecule has 0 bridgehead atoms. The molecular formula is C15H20O2. The number of Topliss-reactive ketones (excluding diaryl/α,β-unsaturated/α-hetero) is 2. The topological polar surface area (TPSA) is 34.1 Å². The van der Waals surface area contributed by atoms with Crippen molar-refractivity contribution in [1.82, 2.24) is 0 Å². The van der Waals surface area contributed by atoms with Gasteiger partial charge in [-0.2, -0.15) is 0 Å². The van der Waals surface area contributed by atoms with E-state index in [1.165, 1.54) is 0 Å². The summed E-state index contributed by atoms with van der Waals surface area (Å²) in [6.45, 7) is 5.84. The summed E-state index contributed by atoms with van der Waals surface area (Å²) in [6.07, 6.45) is 2.08. The standard InChI is InChI=1S/C15H20O2/c1-4-11(5-2)15(17)13-10-8-7-9-12(13)14(16)6-3/h7-11H,4-6H2,1-3H3. The molecule has 0 heterocycles. The van der Waals surface area contributed by atoms with E-state index in [-0.39, 0.29) is 17.5 Å². The minimum absolute atomic E-state index is 0.0285. The highest BCUT2D eigenvalue weighted by Crippen LogP contribution is 2.20. The summed E-state index contributed by atoms with van der Waals surface area (Å²) in [5.74, 6) is 0.174. The van der Waals surface area contributed by atoms with Crippen LogP contribution in [0.1, 0.15) is 60.7 Å². The molecule has 0 saturated heterocycles. The third-order valence-corrected chi connectivity index (χ3v) is 3.17. The van der Waals surface area contributed by atoms with E-state index in [0.717, 1.165) is 12.8 Å². The highest BCUT2D eigenvalue weighted by atomic mass is 16.1. The Hall–Kier alpha value is -1.44.